The van der Waals surface area contributed by atoms with Crippen molar-refractivity contribution in [2.24, 2.45) is 0 Å². The topological polar surface area (TPSA) is 83.1 Å². The smallest absolute Gasteiger partial charge is 0.417 e. The molecule has 0 N–H and O–H groups in total. The lowest BCUT2D eigenvalue weighted by molar-refractivity contribution is 0.118. The molecule has 9 nitrogen and oxygen atoms in total. The van der Waals surface area contributed by atoms with E-state index in [9.17, 15) is 0 Å². The average Bonchev–Trinajstić information content (AvgIpc) is 3.13. The molecule has 0 fully saturated rings. The molecule has 2 unspecified atom stereocenters. The highest BCUT2D eigenvalue weighted by Crippen LogP contribution is 2.42. The summed E-state index contributed by atoms with van der Waals surface area (Å²) in [5.74, 6) is 0. The zero-order chi connectivity index (χ0) is 53.2. The predicted molar refractivity (Wildman–Crippen MR) is 326 cm³/mol. The first-order chi connectivity index (χ1) is 31.6. The molecule has 0 amide bonds. The van der Waals surface area contributed by atoms with Crippen LogP contribution in [0.1, 0.15) is 182 Å². The van der Waals surface area contributed by atoms with Gasteiger partial charge in [-0.3, -0.25) is 0 Å². The van der Waals surface area contributed by atoms with E-state index in [1.807, 2.05) is 0 Å². The van der Waals surface area contributed by atoms with Gasteiger partial charge in [-0.15, -0.1) is 0 Å². The van der Waals surface area contributed by atoms with Crippen molar-refractivity contribution in [3.05, 3.63) is 0 Å². The molecule has 69 heavy (non-hydrogen) atoms. The van der Waals surface area contributed by atoms with Gasteiger partial charge in [-0.25, -0.2) is 0 Å². The Kier molecular flexibility index (Phi) is 34.7. The van der Waals surface area contributed by atoms with Crippen molar-refractivity contribution < 1.29 is 37.0 Å². The minimum absolute atomic E-state index is 0.693. The van der Waals surface area contributed by atoms with Crippen molar-refractivity contribution >= 4 is 85.1 Å². The van der Waals surface area contributed by atoms with Crippen molar-refractivity contribution in [1.29, 1.82) is 0 Å². The van der Waals surface area contributed by atoms with Gasteiger partial charge in [0.05, 0.1) is 0 Å². The molecule has 0 aliphatic rings. The van der Waals surface area contributed by atoms with Crippen LogP contribution in [-0.2, 0) is 37.0 Å². The fourth-order valence-electron chi connectivity index (χ4n) is 8.86. The van der Waals surface area contributed by atoms with Crippen LogP contribution in [0, 0.1) is 0 Å². The number of unbranched alkanes of at least 4 members (excludes halogenated alkanes) is 20. The average molecular weight is 1150 g/mol. The Morgan fingerprint density at radius 3 is 0.449 bits per heavy atom. The van der Waals surface area contributed by atoms with E-state index < -0.39 is 85.1 Å². The Hall–Kier alpha value is 1.81. The van der Waals surface area contributed by atoms with Crippen molar-refractivity contribution in [2.45, 2.75) is 324 Å². The third kappa shape index (κ3) is 38.1. The Labute approximate surface area is 443 Å². The highest BCUT2D eigenvalue weighted by Gasteiger charge is 2.65. The molecule has 416 valence electrons. The van der Waals surface area contributed by atoms with E-state index in [4.69, 9.17) is 37.0 Å². The predicted octanol–water partition coefficient (Wildman–Crippen LogP) is 19.3. The van der Waals surface area contributed by atoms with Gasteiger partial charge in [0, 0.05) is 24.2 Å². The molecule has 0 saturated heterocycles. The van der Waals surface area contributed by atoms with E-state index in [0.717, 1.165) is 63.5 Å². The van der Waals surface area contributed by atoms with Crippen molar-refractivity contribution in [2.75, 3.05) is 0 Å². The summed E-state index contributed by atoms with van der Waals surface area (Å²) < 4.78 is 71.0. The maximum absolute atomic E-state index is 8.39. The second-order valence-corrected chi connectivity index (χ2v) is 66.6. The zero-order valence-electron chi connectivity index (χ0n) is 50.5. The van der Waals surface area contributed by atoms with Crippen LogP contribution >= 0.6 is 0 Å². The summed E-state index contributed by atoms with van der Waals surface area (Å²) in [7, 11) is -28.4. The van der Waals surface area contributed by atoms with Gasteiger partial charge in [-0.2, -0.15) is 0 Å². The molecule has 0 aromatic heterocycles. The van der Waals surface area contributed by atoms with Crippen LogP contribution in [0.3, 0.4) is 0 Å². The molecule has 2 atom stereocenters. The molecule has 0 saturated carbocycles. The lowest BCUT2D eigenvalue weighted by Gasteiger charge is -2.50. The van der Waals surface area contributed by atoms with Crippen molar-refractivity contribution in [3.8, 4) is 0 Å². The van der Waals surface area contributed by atoms with E-state index in [1.165, 1.54) is 103 Å². The number of hydrogen-bond acceptors (Lipinski definition) is 9. The van der Waals surface area contributed by atoms with E-state index in [2.05, 4.69) is 146 Å². The maximum atomic E-state index is 8.39. The second-order valence-electron chi connectivity index (χ2n) is 26.4. The van der Waals surface area contributed by atoms with Gasteiger partial charge in [0.2, 0.25) is 0 Å². The van der Waals surface area contributed by atoms with Gasteiger partial charge in [-0.1, -0.05) is 156 Å². The third-order valence-electron chi connectivity index (χ3n) is 11.0. The Morgan fingerprint density at radius 2 is 0.304 bits per heavy atom. The Morgan fingerprint density at radius 1 is 0.174 bits per heavy atom. The summed E-state index contributed by atoms with van der Waals surface area (Å²) >= 11 is 0. The van der Waals surface area contributed by atoms with Crippen LogP contribution < -0.4 is 0 Å². The monoisotopic (exact) mass is 1150 g/mol. The molecule has 0 rings (SSSR count). The third-order valence-corrected chi connectivity index (χ3v) is 44.5. The molecule has 0 aromatic carbocycles. The summed E-state index contributed by atoms with van der Waals surface area (Å²) in [6, 6.07) is 2.93. The van der Waals surface area contributed by atoms with E-state index in [-0.39, 0.29) is 0 Å². The largest absolute Gasteiger partial charge is 0.475 e. The second kappa shape index (κ2) is 33.9. The van der Waals surface area contributed by atoms with Crippen LogP contribution in [0.5, 0.6) is 0 Å². The molecule has 0 spiro atoms. The Balaban J connectivity index is 8.76. The Bertz CT molecular complexity index is 1170. The minimum Gasteiger partial charge on any atom is -0.417 e. The maximum Gasteiger partial charge on any atom is 0.475 e. The quantitative estimate of drug-likeness (QED) is 0.0437. The van der Waals surface area contributed by atoms with Crippen molar-refractivity contribution in [3.63, 3.8) is 0 Å². The van der Waals surface area contributed by atoms with Crippen LogP contribution in [0.2, 0.25) is 142 Å². The summed E-state index contributed by atoms with van der Waals surface area (Å²) in [5, 5.41) is 0. The van der Waals surface area contributed by atoms with E-state index in [1.54, 1.807) is 0 Å². The highest BCUT2D eigenvalue weighted by molar-refractivity contribution is 6.95. The molecule has 0 radical (unpaired) electrons. The molecule has 0 aromatic rings. The lowest BCUT2D eigenvalue weighted by atomic mass is 10.1. The summed E-state index contributed by atoms with van der Waals surface area (Å²) in [5.41, 5.74) is 0. The zero-order valence-corrected chi connectivity index (χ0v) is 60.5. The van der Waals surface area contributed by atoms with Crippen molar-refractivity contribution in [1.82, 2.24) is 0 Å². The minimum atomic E-state index is -3.82. The van der Waals surface area contributed by atoms with Gasteiger partial charge >= 0.3 is 35.2 Å². The van der Waals surface area contributed by atoms with Crippen LogP contribution in [0.15, 0.2) is 0 Å². The van der Waals surface area contributed by atoms with E-state index in [0.29, 0.717) is 12.1 Å². The van der Waals surface area contributed by atoms with Gasteiger partial charge in [0.1, 0.15) is 0 Å². The van der Waals surface area contributed by atoms with Gasteiger partial charge < -0.3 is 37.0 Å². The number of rotatable bonds is 46. The first kappa shape index (κ1) is 70.8. The standard InChI is InChI=1S/C50H122O9Si10/c1-23-27-31-35-39-43-47-66(51-60(5,6)7,52-61(8,9)10)57-68(55-64(17,18)19,49-45-41-37-33-29-25-3)59-69(56-65(20,21)22,50-46-42-38-34-30-26-4)58-67(53-62(11,12)13,54-63(14,15)16)48-44-40-36-32-28-24-2/h23-50H2,1-22H3. The van der Waals surface area contributed by atoms with Crippen LogP contribution in [-0.4, -0.2) is 85.1 Å². The molecule has 0 aliphatic heterocycles. The van der Waals surface area contributed by atoms with E-state index >= 15 is 0 Å². The highest BCUT2D eigenvalue weighted by atomic mass is 28.6. The first-order valence-corrected chi connectivity index (χ1v) is 57.1. The molecule has 0 aliphatic carbocycles. The number of hydrogen-bond donors (Lipinski definition) is 0. The fourth-order valence-corrected chi connectivity index (χ4v) is 51.1. The van der Waals surface area contributed by atoms with Crippen LogP contribution in [0.25, 0.3) is 0 Å². The van der Waals surface area contributed by atoms with Crippen LogP contribution in [0.4, 0.5) is 0 Å². The van der Waals surface area contributed by atoms with Gasteiger partial charge in [0.25, 0.3) is 0 Å². The molecule has 0 heterocycles. The molecule has 0 bridgehead atoms. The molecule has 19 heteroatoms. The lowest BCUT2D eigenvalue weighted by Crippen LogP contribution is -2.72. The summed E-state index contributed by atoms with van der Waals surface area (Å²) in [6.45, 7) is 50.8. The molecular formula is C50H122O9Si10. The fraction of sp³-hybridized carbons (Fsp3) is 1.00. The summed E-state index contributed by atoms with van der Waals surface area (Å²) in [6.07, 6.45) is 28.2. The molecular weight excluding hydrogens is 1030 g/mol. The normalized spacial score (nSPS) is 15.7. The SMILES string of the molecule is CCCCCCCC[Si](O[Si](C)(C)C)(O[Si](C)(C)C)O[Si](CCCCCCCC)(O[Si](C)(C)C)O[Si](CCCCCCCC)(O[Si](C)(C)C)O[Si](CCCCCCCC)(O[Si](C)(C)C)O[Si](C)(C)C. The first-order valence-electron chi connectivity index (χ1n) is 28.9. The van der Waals surface area contributed by atoms with Gasteiger partial charge in [-0.05, 0) is 144 Å². The van der Waals surface area contributed by atoms with Gasteiger partial charge in [0.15, 0.2) is 49.9 Å². The summed E-state index contributed by atoms with van der Waals surface area (Å²) in [4.78, 5) is 0.